The first kappa shape index (κ1) is 30.2. The van der Waals surface area contributed by atoms with Crippen molar-refractivity contribution in [2.75, 3.05) is 6.61 Å². The first-order valence-corrected chi connectivity index (χ1v) is 14.0. The minimum absolute atomic E-state index is 0.0369. The van der Waals surface area contributed by atoms with E-state index in [9.17, 15) is 18.3 Å². The molecule has 0 aliphatic carbocycles. The third-order valence-corrected chi connectivity index (χ3v) is 7.60. The molecule has 0 spiro atoms. The summed E-state index contributed by atoms with van der Waals surface area (Å²) >= 11 is 0. The first-order valence-electron chi connectivity index (χ1n) is 12.5. The number of benzene rings is 2. The summed E-state index contributed by atoms with van der Waals surface area (Å²) in [6, 6.07) is 15.7. The number of rotatable bonds is 10. The van der Waals surface area contributed by atoms with Crippen molar-refractivity contribution in [2.45, 2.75) is 95.2 Å². The normalized spacial score (nSPS) is 22.0. The van der Waals surface area contributed by atoms with E-state index in [1.165, 1.54) is 19.1 Å². The molecule has 10 heteroatoms. The third kappa shape index (κ3) is 7.62. The van der Waals surface area contributed by atoms with Crippen molar-refractivity contribution in [1.82, 2.24) is 4.72 Å². The maximum absolute atomic E-state index is 13.5. The van der Waals surface area contributed by atoms with E-state index < -0.39 is 51.2 Å². The van der Waals surface area contributed by atoms with Crippen molar-refractivity contribution in [1.29, 1.82) is 0 Å². The number of sulfonamides is 1. The second kappa shape index (κ2) is 11.4. The van der Waals surface area contributed by atoms with Gasteiger partial charge in [0.25, 0.3) is 0 Å². The van der Waals surface area contributed by atoms with Crippen molar-refractivity contribution in [2.24, 2.45) is 0 Å². The van der Waals surface area contributed by atoms with Gasteiger partial charge >= 0.3 is 5.97 Å². The monoisotopic (exact) mass is 549 g/mol. The molecule has 1 heterocycles. The van der Waals surface area contributed by atoms with Gasteiger partial charge in [-0.05, 0) is 66.2 Å². The average molecular weight is 550 g/mol. The fourth-order valence-corrected chi connectivity index (χ4v) is 5.49. The Kier molecular flexibility index (Phi) is 9.07. The van der Waals surface area contributed by atoms with Crippen LogP contribution in [-0.2, 0) is 40.4 Å². The molecule has 210 valence electrons. The number of aliphatic hydroxyl groups is 1. The van der Waals surface area contributed by atoms with Gasteiger partial charge in [0, 0.05) is 0 Å². The number of hydrogen-bond acceptors (Lipinski definition) is 8. The molecule has 0 saturated carbocycles. The van der Waals surface area contributed by atoms with Crippen LogP contribution in [0.1, 0.15) is 52.7 Å². The maximum Gasteiger partial charge on any atom is 0.330 e. The Morgan fingerprint density at radius 3 is 2.24 bits per heavy atom. The summed E-state index contributed by atoms with van der Waals surface area (Å²) in [5.74, 6) is -2.07. The molecule has 9 nitrogen and oxygen atoms in total. The molecule has 0 radical (unpaired) electrons. The van der Waals surface area contributed by atoms with E-state index in [0.29, 0.717) is 6.61 Å². The molecular weight excluding hydrogens is 510 g/mol. The Morgan fingerprint density at radius 2 is 1.66 bits per heavy atom. The summed E-state index contributed by atoms with van der Waals surface area (Å²) in [6.45, 7) is 11.8. The van der Waals surface area contributed by atoms with Gasteiger partial charge in [-0.2, -0.15) is 4.72 Å². The van der Waals surface area contributed by atoms with Gasteiger partial charge in [-0.25, -0.2) is 13.2 Å². The van der Waals surface area contributed by atoms with Crippen molar-refractivity contribution < 1.29 is 37.3 Å². The standard InChI is InChI=1S/C28H39NO8S/c1-19-13-15-21(16-14-19)38(32,33)29-28(7,25(31)37-26(2,3)4)24(30)23-22(35-27(5,6)36-23)18-34-17-20-11-9-8-10-12-20/h8-16,22-24,29-30H,17-18H2,1-7H3. The molecule has 0 aromatic heterocycles. The lowest BCUT2D eigenvalue weighted by atomic mass is 9.89. The number of esters is 1. The summed E-state index contributed by atoms with van der Waals surface area (Å²) in [4.78, 5) is 13.4. The molecule has 1 aliphatic heterocycles. The van der Waals surface area contributed by atoms with Gasteiger partial charge in [-0.3, -0.25) is 0 Å². The Labute approximate surface area is 225 Å². The summed E-state index contributed by atoms with van der Waals surface area (Å²) in [6.07, 6.45) is -3.60. The van der Waals surface area contributed by atoms with Crippen molar-refractivity contribution in [3.63, 3.8) is 0 Å². The molecule has 2 aromatic carbocycles. The molecule has 3 rings (SSSR count). The maximum atomic E-state index is 13.5. The number of nitrogens with one attached hydrogen (secondary N) is 1. The Hall–Kier alpha value is -2.34. The lowest BCUT2D eigenvalue weighted by molar-refractivity contribution is -0.179. The van der Waals surface area contributed by atoms with Crippen LogP contribution in [0.2, 0.25) is 0 Å². The molecule has 2 N–H and O–H groups in total. The Morgan fingerprint density at radius 1 is 1.05 bits per heavy atom. The predicted molar refractivity (Wildman–Crippen MR) is 142 cm³/mol. The molecule has 1 aliphatic rings. The van der Waals surface area contributed by atoms with Crippen LogP contribution in [0.4, 0.5) is 0 Å². The van der Waals surface area contributed by atoms with Crippen LogP contribution >= 0.6 is 0 Å². The van der Waals surface area contributed by atoms with Crippen molar-refractivity contribution in [3.05, 3.63) is 65.7 Å². The number of carbonyl (C=O) groups excluding carboxylic acids is 1. The van der Waals surface area contributed by atoms with Crippen molar-refractivity contribution in [3.8, 4) is 0 Å². The lowest BCUT2D eigenvalue weighted by Gasteiger charge is -2.38. The van der Waals surface area contributed by atoms with Gasteiger partial charge in [0.2, 0.25) is 10.0 Å². The number of hydrogen-bond donors (Lipinski definition) is 2. The second-order valence-electron chi connectivity index (χ2n) is 11.2. The molecule has 2 aromatic rings. The van der Waals surface area contributed by atoms with E-state index in [0.717, 1.165) is 11.1 Å². The van der Waals surface area contributed by atoms with Gasteiger partial charge in [0.05, 0.1) is 18.1 Å². The molecular formula is C28H39NO8S. The number of carbonyl (C=O) groups is 1. The highest BCUT2D eigenvalue weighted by molar-refractivity contribution is 7.89. The van der Waals surface area contributed by atoms with Gasteiger partial charge in [0.1, 0.15) is 23.9 Å². The fraction of sp³-hybridized carbons (Fsp3) is 0.536. The highest BCUT2D eigenvalue weighted by atomic mass is 32.2. The van der Waals surface area contributed by atoms with E-state index in [1.807, 2.05) is 37.3 Å². The minimum atomic E-state index is -4.25. The Bertz CT molecular complexity index is 1190. The quantitative estimate of drug-likeness (QED) is 0.433. The van der Waals surface area contributed by atoms with E-state index in [-0.39, 0.29) is 11.5 Å². The molecule has 0 bridgehead atoms. The van der Waals surface area contributed by atoms with Crippen LogP contribution in [0.5, 0.6) is 0 Å². The zero-order chi connectivity index (χ0) is 28.4. The van der Waals surface area contributed by atoms with Gasteiger partial charge in [-0.1, -0.05) is 48.0 Å². The number of aliphatic hydroxyl groups excluding tert-OH is 1. The molecule has 4 atom stereocenters. The minimum Gasteiger partial charge on any atom is -0.458 e. The topological polar surface area (TPSA) is 120 Å². The zero-order valence-corrected chi connectivity index (χ0v) is 23.9. The summed E-state index contributed by atoms with van der Waals surface area (Å²) in [5.41, 5.74) is -1.25. The van der Waals surface area contributed by atoms with E-state index >= 15 is 0 Å². The zero-order valence-electron chi connectivity index (χ0n) is 23.1. The molecule has 1 fully saturated rings. The van der Waals surface area contributed by atoms with Gasteiger partial charge in [0.15, 0.2) is 11.3 Å². The van der Waals surface area contributed by atoms with Crippen LogP contribution in [0.3, 0.4) is 0 Å². The molecule has 4 unspecified atom stereocenters. The number of ether oxygens (including phenoxy) is 4. The Balaban J connectivity index is 1.90. The van der Waals surface area contributed by atoms with Gasteiger partial charge < -0.3 is 24.1 Å². The fourth-order valence-electron chi connectivity index (χ4n) is 4.12. The second-order valence-corrected chi connectivity index (χ2v) is 12.9. The highest BCUT2D eigenvalue weighted by Crippen LogP contribution is 2.35. The molecule has 0 amide bonds. The largest absolute Gasteiger partial charge is 0.458 e. The van der Waals surface area contributed by atoms with Gasteiger partial charge in [-0.15, -0.1) is 0 Å². The first-order chi connectivity index (χ1) is 17.5. The van der Waals surface area contributed by atoms with Crippen LogP contribution in [0.15, 0.2) is 59.5 Å². The molecule has 38 heavy (non-hydrogen) atoms. The SMILES string of the molecule is Cc1ccc(S(=O)(=O)NC(C)(C(=O)OC(C)(C)C)C(O)C2OC(C)(C)OC2COCc2ccccc2)cc1. The third-order valence-electron chi connectivity index (χ3n) is 6.02. The van der Waals surface area contributed by atoms with E-state index in [4.69, 9.17) is 18.9 Å². The average Bonchev–Trinajstić information content (AvgIpc) is 3.12. The summed E-state index contributed by atoms with van der Waals surface area (Å²) in [7, 11) is -4.25. The molecule has 1 saturated heterocycles. The smallest absolute Gasteiger partial charge is 0.330 e. The summed E-state index contributed by atoms with van der Waals surface area (Å²) < 4.78 is 52.5. The van der Waals surface area contributed by atoms with Crippen LogP contribution in [0.25, 0.3) is 0 Å². The lowest BCUT2D eigenvalue weighted by Crippen LogP contribution is -2.65. The van der Waals surface area contributed by atoms with Crippen LogP contribution in [-0.4, -0.2) is 61.3 Å². The number of aryl methyl sites for hydroxylation is 1. The summed E-state index contributed by atoms with van der Waals surface area (Å²) in [5, 5.41) is 11.6. The van der Waals surface area contributed by atoms with E-state index in [1.54, 1.807) is 46.8 Å². The van der Waals surface area contributed by atoms with Crippen LogP contribution < -0.4 is 4.72 Å². The van der Waals surface area contributed by atoms with Crippen LogP contribution in [0, 0.1) is 6.92 Å². The highest BCUT2D eigenvalue weighted by Gasteiger charge is 2.56. The predicted octanol–water partition coefficient (Wildman–Crippen LogP) is 3.47. The van der Waals surface area contributed by atoms with Crippen molar-refractivity contribution >= 4 is 16.0 Å². The van der Waals surface area contributed by atoms with E-state index in [2.05, 4.69) is 4.72 Å².